The lowest BCUT2D eigenvalue weighted by molar-refractivity contribution is -0.150. The quantitative estimate of drug-likeness (QED) is 0.0360. The maximum Gasteiger partial charge on any atom is 0.328 e. The molecule has 0 bridgehead atoms. The number of aliphatic hydroxyl groups is 1. The van der Waals surface area contributed by atoms with E-state index in [-0.39, 0.29) is 24.5 Å². The van der Waals surface area contributed by atoms with Gasteiger partial charge in [0.05, 0.1) is 13.2 Å². The fourth-order valence-electron chi connectivity index (χ4n) is 6.89. The van der Waals surface area contributed by atoms with Gasteiger partial charge >= 0.3 is 11.9 Å². The molecule has 0 aliphatic carbocycles. The molecule has 4 N–H and O–H groups in total. The summed E-state index contributed by atoms with van der Waals surface area (Å²) in [6, 6.07) is -1.38. The molecule has 0 heterocycles. The highest BCUT2D eigenvalue weighted by Crippen LogP contribution is 2.19. The number of carboxylic acids is 1. The molecule has 0 spiro atoms. The van der Waals surface area contributed by atoms with Crippen molar-refractivity contribution in [3.8, 4) is 0 Å². The normalized spacial score (nSPS) is 12.4. The lowest BCUT2D eigenvalue weighted by atomic mass is 10.0. The fourth-order valence-corrected chi connectivity index (χ4v) is 6.89. The minimum Gasteiger partial charge on any atom is -0.480 e. The van der Waals surface area contributed by atoms with Gasteiger partial charge in [-0.25, -0.2) is 4.79 Å². The van der Waals surface area contributed by atoms with E-state index in [0.29, 0.717) is 19.3 Å². The van der Waals surface area contributed by atoms with Crippen molar-refractivity contribution >= 4 is 23.8 Å². The van der Waals surface area contributed by atoms with Crippen LogP contribution in [0.3, 0.4) is 0 Å². The Morgan fingerprint density at radius 3 is 1.23 bits per heavy atom. The average molecular weight is 753 g/mol. The summed E-state index contributed by atoms with van der Waals surface area (Å²) >= 11 is 0. The molecule has 312 valence electrons. The van der Waals surface area contributed by atoms with Crippen molar-refractivity contribution in [1.29, 1.82) is 0 Å². The second kappa shape index (κ2) is 39.5. The molecule has 2 amide bonds. The molecule has 2 unspecified atom stereocenters. The summed E-state index contributed by atoms with van der Waals surface area (Å²) in [7, 11) is 0. The monoisotopic (exact) mass is 753 g/mol. The highest BCUT2D eigenvalue weighted by molar-refractivity contribution is 5.87. The summed E-state index contributed by atoms with van der Waals surface area (Å²) in [5.41, 5.74) is 0. The van der Waals surface area contributed by atoms with Crippen molar-refractivity contribution < 1.29 is 34.1 Å². The Morgan fingerprint density at radius 2 is 0.849 bits per heavy atom. The first-order valence-electron chi connectivity index (χ1n) is 22.4. The summed E-state index contributed by atoms with van der Waals surface area (Å²) < 4.78 is 6.03. The molecule has 9 nitrogen and oxygen atoms in total. The SMILES string of the molecule is CCCCCCCCCCCCCCCCCCC(=O)OC(CCCCCCCCCCC)CCCCCCCC(=O)NCC(=O)NC(CO)C(=O)O. The van der Waals surface area contributed by atoms with E-state index >= 15 is 0 Å². The number of esters is 1. The third kappa shape index (κ3) is 36.6. The lowest BCUT2D eigenvalue weighted by Crippen LogP contribution is -2.47. The van der Waals surface area contributed by atoms with Gasteiger partial charge in [0, 0.05) is 12.8 Å². The van der Waals surface area contributed by atoms with E-state index in [1.807, 2.05) is 0 Å². The first-order chi connectivity index (χ1) is 25.8. The molecule has 53 heavy (non-hydrogen) atoms. The third-order valence-corrected chi connectivity index (χ3v) is 10.4. The summed E-state index contributed by atoms with van der Waals surface area (Å²) in [6.07, 6.45) is 39.9. The Labute approximate surface area is 325 Å². The van der Waals surface area contributed by atoms with Gasteiger partial charge in [-0.1, -0.05) is 181 Å². The topological polar surface area (TPSA) is 142 Å². The highest BCUT2D eigenvalue weighted by Gasteiger charge is 2.19. The van der Waals surface area contributed by atoms with E-state index in [1.54, 1.807) is 0 Å². The van der Waals surface area contributed by atoms with E-state index in [9.17, 15) is 19.2 Å². The van der Waals surface area contributed by atoms with Crippen LogP contribution in [0.1, 0.15) is 232 Å². The van der Waals surface area contributed by atoms with Crippen molar-refractivity contribution in [3.05, 3.63) is 0 Å². The van der Waals surface area contributed by atoms with Crippen molar-refractivity contribution in [2.24, 2.45) is 0 Å². The predicted octanol–water partition coefficient (Wildman–Crippen LogP) is 10.9. The molecular formula is C44H84N2O7. The smallest absolute Gasteiger partial charge is 0.328 e. The van der Waals surface area contributed by atoms with Crippen molar-refractivity contribution in [2.75, 3.05) is 13.2 Å². The zero-order valence-electron chi connectivity index (χ0n) is 34.5. The van der Waals surface area contributed by atoms with Crippen LogP contribution in [0.25, 0.3) is 0 Å². The molecule has 2 atom stereocenters. The van der Waals surface area contributed by atoms with Gasteiger partial charge in [0.1, 0.15) is 12.1 Å². The molecule has 0 aliphatic heterocycles. The molecule has 0 fully saturated rings. The van der Waals surface area contributed by atoms with Gasteiger partial charge in [-0.05, 0) is 38.5 Å². The van der Waals surface area contributed by atoms with Crippen molar-refractivity contribution in [2.45, 2.75) is 244 Å². The number of carbonyl (C=O) groups is 4. The first-order valence-corrected chi connectivity index (χ1v) is 22.4. The molecule has 0 aromatic carbocycles. The predicted molar refractivity (Wildman–Crippen MR) is 218 cm³/mol. The average Bonchev–Trinajstić information content (AvgIpc) is 3.14. The summed E-state index contributed by atoms with van der Waals surface area (Å²) in [4.78, 5) is 47.5. The third-order valence-electron chi connectivity index (χ3n) is 10.4. The zero-order valence-corrected chi connectivity index (χ0v) is 34.5. The number of amides is 2. The molecule has 0 saturated carbocycles. The Kier molecular flexibility index (Phi) is 37.9. The number of aliphatic carboxylic acids is 1. The van der Waals surface area contributed by atoms with Gasteiger partial charge in [0.2, 0.25) is 11.8 Å². The molecule has 0 saturated heterocycles. The minimum atomic E-state index is -1.38. The summed E-state index contributed by atoms with van der Waals surface area (Å²) in [5.74, 6) is -2.27. The molecular weight excluding hydrogens is 668 g/mol. The molecule has 9 heteroatoms. The molecule has 0 rings (SSSR count). The number of carbonyl (C=O) groups excluding carboxylic acids is 3. The largest absolute Gasteiger partial charge is 0.480 e. The van der Waals surface area contributed by atoms with Crippen LogP contribution in [0, 0.1) is 0 Å². The number of nitrogens with one attached hydrogen (secondary N) is 2. The van der Waals surface area contributed by atoms with Crippen LogP contribution in [-0.2, 0) is 23.9 Å². The van der Waals surface area contributed by atoms with Gasteiger partial charge in [-0.15, -0.1) is 0 Å². The van der Waals surface area contributed by atoms with Crippen LogP contribution in [0.15, 0.2) is 0 Å². The fraction of sp³-hybridized carbons (Fsp3) is 0.909. The minimum absolute atomic E-state index is 0.00315. The van der Waals surface area contributed by atoms with Crippen molar-refractivity contribution in [3.63, 3.8) is 0 Å². The Balaban J connectivity index is 4.18. The number of hydrogen-bond acceptors (Lipinski definition) is 6. The van der Waals surface area contributed by atoms with Crippen LogP contribution in [0.2, 0.25) is 0 Å². The maximum absolute atomic E-state index is 12.8. The number of hydrogen-bond donors (Lipinski definition) is 4. The standard InChI is InChI=1S/C44H84N2O7/c1-3-5-7-9-11-13-14-15-16-17-18-19-21-23-28-32-36-43(50)53-39(33-29-25-22-20-12-10-8-6-4-2)34-30-26-24-27-31-35-41(48)45-37-42(49)46-40(38-47)44(51)52/h39-40,47H,3-38H2,1-2H3,(H,45,48)(H,46,49)(H,51,52). The van der Waals surface area contributed by atoms with Gasteiger partial charge in [-0.2, -0.15) is 0 Å². The summed E-state index contributed by atoms with van der Waals surface area (Å²) in [6.45, 7) is 3.50. The van der Waals surface area contributed by atoms with E-state index in [2.05, 4.69) is 24.5 Å². The molecule has 0 radical (unpaired) electrons. The van der Waals surface area contributed by atoms with Gasteiger partial charge in [0.15, 0.2) is 0 Å². The molecule has 0 aromatic rings. The number of ether oxygens (including phenoxy) is 1. The lowest BCUT2D eigenvalue weighted by Gasteiger charge is -2.18. The van der Waals surface area contributed by atoms with Crippen LogP contribution < -0.4 is 10.6 Å². The van der Waals surface area contributed by atoms with Crippen LogP contribution in [0.5, 0.6) is 0 Å². The Bertz CT molecular complexity index is 869. The van der Waals surface area contributed by atoms with E-state index in [0.717, 1.165) is 57.8 Å². The van der Waals surface area contributed by atoms with Gasteiger partial charge < -0.3 is 25.6 Å². The van der Waals surface area contributed by atoms with Crippen LogP contribution in [-0.4, -0.2) is 59.3 Å². The number of carboxylic acid groups (broad SMARTS) is 1. The maximum atomic E-state index is 12.8. The van der Waals surface area contributed by atoms with Crippen LogP contribution in [0.4, 0.5) is 0 Å². The molecule has 0 aliphatic rings. The number of aliphatic hydroxyl groups excluding tert-OH is 1. The first kappa shape index (κ1) is 50.8. The number of unbranched alkanes of at least 4 members (excludes halogenated alkanes) is 27. The van der Waals surface area contributed by atoms with E-state index < -0.39 is 24.5 Å². The Morgan fingerprint density at radius 1 is 0.491 bits per heavy atom. The second-order valence-corrected chi connectivity index (χ2v) is 15.5. The number of rotatable bonds is 41. The van der Waals surface area contributed by atoms with Crippen LogP contribution >= 0.6 is 0 Å². The highest BCUT2D eigenvalue weighted by atomic mass is 16.5. The zero-order chi connectivity index (χ0) is 39.0. The van der Waals surface area contributed by atoms with Crippen molar-refractivity contribution in [1.82, 2.24) is 10.6 Å². The van der Waals surface area contributed by atoms with E-state index in [1.165, 1.54) is 141 Å². The van der Waals surface area contributed by atoms with Gasteiger partial charge in [0.25, 0.3) is 0 Å². The summed E-state index contributed by atoms with van der Waals surface area (Å²) in [5, 5.41) is 22.5. The Hall–Kier alpha value is -2.16. The van der Waals surface area contributed by atoms with Gasteiger partial charge in [-0.3, -0.25) is 14.4 Å². The second-order valence-electron chi connectivity index (χ2n) is 15.5. The molecule has 0 aromatic heterocycles. The van der Waals surface area contributed by atoms with E-state index in [4.69, 9.17) is 14.9 Å².